The molecule has 0 radical (unpaired) electrons. The first-order chi connectivity index (χ1) is 14.2. The summed E-state index contributed by atoms with van der Waals surface area (Å²) in [5.74, 6) is 1.19. The molecular weight excluding hydrogens is 394 g/mol. The normalized spacial score (nSPS) is 20.4. The molecule has 7 nitrogen and oxygen atoms in total. The molecule has 0 saturated carbocycles. The van der Waals surface area contributed by atoms with Gasteiger partial charge in [-0.1, -0.05) is 11.6 Å². The number of hydrogen-bond acceptors (Lipinski definition) is 6. The zero-order valence-electron chi connectivity index (χ0n) is 16.3. The van der Waals surface area contributed by atoms with Crippen molar-refractivity contribution in [2.75, 3.05) is 38.3 Å². The van der Waals surface area contributed by atoms with E-state index in [1.54, 1.807) is 6.20 Å². The van der Waals surface area contributed by atoms with Gasteiger partial charge in [-0.25, -0.2) is 0 Å². The standard InChI is InChI=1S/C21H26ClN3O4/c22-20-19(23-12-15-2-1-9-28-14-15)13-24-25(21(20)26)16-3-5-17(6-4-16)29-18-7-10-27-11-8-18/h3-6,13,15,18,23H,1-2,7-12,14H2/t15-/m1/s1. The van der Waals surface area contributed by atoms with Crippen LogP contribution in [0.4, 0.5) is 5.69 Å². The lowest BCUT2D eigenvalue weighted by Gasteiger charge is -2.23. The van der Waals surface area contributed by atoms with Crippen LogP contribution in [0, 0.1) is 5.92 Å². The Labute approximate surface area is 174 Å². The molecule has 4 rings (SSSR count). The van der Waals surface area contributed by atoms with Crippen LogP contribution in [0.3, 0.4) is 0 Å². The van der Waals surface area contributed by atoms with Gasteiger partial charge in [-0.2, -0.15) is 9.78 Å². The number of rotatable bonds is 6. The molecule has 2 saturated heterocycles. The minimum Gasteiger partial charge on any atom is -0.490 e. The Morgan fingerprint density at radius 3 is 2.66 bits per heavy atom. The van der Waals surface area contributed by atoms with Crippen LogP contribution >= 0.6 is 11.6 Å². The molecular formula is C21H26ClN3O4. The SMILES string of the molecule is O=c1c(Cl)c(NC[C@H]2CCCOC2)cnn1-c1ccc(OC2CCOCC2)cc1. The second-order valence-corrected chi connectivity index (χ2v) is 7.85. The second kappa shape index (κ2) is 9.61. The molecule has 156 valence electrons. The molecule has 29 heavy (non-hydrogen) atoms. The first-order valence-electron chi connectivity index (χ1n) is 10.1. The average molecular weight is 420 g/mol. The van der Waals surface area contributed by atoms with Crippen LogP contribution in [0.15, 0.2) is 35.3 Å². The summed E-state index contributed by atoms with van der Waals surface area (Å²) >= 11 is 6.32. The fraction of sp³-hybridized carbons (Fsp3) is 0.524. The van der Waals surface area contributed by atoms with Crippen molar-refractivity contribution in [3.8, 4) is 11.4 Å². The third kappa shape index (κ3) is 5.10. The Balaban J connectivity index is 1.42. The maximum atomic E-state index is 12.7. The fourth-order valence-electron chi connectivity index (χ4n) is 3.61. The number of nitrogens with zero attached hydrogens (tertiary/aromatic N) is 2. The topological polar surface area (TPSA) is 74.6 Å². The van der Waals surface area contributed by atoms with E-state index < -0.39 is 0 Å². The Morgan fingerprint density at radius 1 is 1.14 bits per heavy atom. The van der Waals surface area contributed by atoms with Crippen LogP contribution in [0.25, 0.3) is 5.69 Å². The highest BCUT2D eigenvalue weighted by molar-refractivity contribution is 6.32. The highest BCUT2D eigenvalue weighted by atomic mass is 35.5. The molecule has 0 unspecified atom stereocenters. The summed E-state index contributed by atoms with van der Waals surface area (Å²) in [4.78, 5) is 12.7. The van der Waals surface area contributed by atoms with Crippen LogP contribution in [-0.4, -0.2) is 48.9 Å². The van der Waals surface area contributed by atoms with Gasteiger partial charge in [0.05, 0.1) is 37.4 Å². The van der Waals surface area contributed by atoms with Crippen molar-refractivity contribution < 1.29 is 14.2 Å². The van der Waals surface area contributed by atoms with Gasteiger partial charge in [0.2, 0.25) is 0 Å². The molecule has 2 aromatic rings. The van der Waals surface area contributed by atoms with Crippen molar-refractivity contribution in [3.05, 3.63) is 45.8 Å². The van der Waals surface area contributed by atoms with Crippen molar-refractivity contribution in [2.45, 2.75) is 31.8 Å². The molecule has 3 heterocycles. The van der Waals surface area contributed by atoms with E-state index in [1.807, 2.05) is 24.3 Å². The van der Waals surface area contributed by atoms with Gasteiger partial charge in [0, 0.05) is 26.0 Å². The molecule has 8 heteroatoms. The van der Waals surface area contributed by atoms with E-state index in [-0.39, 0.29) is 16.7 Å². The highest BCUT2D eigenvalue weighted by Gasteiger charge is 2.17. The third-order valence-electron chi connectivity index (χ3n) is 5.31. The quantitative estimate of drug-likeness (QED) is 0.774. The van der Waals surface area contributed by atoms with Crippen molar-refractivity contribution in [1.82, 2.24) is 9.78 Å². The van der Waals surface area contributed by atoms with Crippen LogP contribution in [0.2, 0.25) is 5.02 Å². The zero-order chi connectivity index (χ0) is 20.1. The summed E-state index contributed by atoms with van der Waals surface area (Å²) < 4.78 is 18.1. The first kappa shape index (κ1) is 20.2. The van der Waals surface area contributed by atoms with Gasteiger partial charge in [-0.15, -0.1) is 0 Å². The number of anilines is 1. The predicted molar refractivity (Wildman–Crippen MR) is 111 cm³/mol. The minimum absolute atomic E-state index is 0.138. The van der Waals surface area contributed by atoms with Crippen molar-refractivity contribution in [1.29, 1.82) is 0 Å². The zero-order valence-corrected chi connectivity index (χ0v) is 17.1. The summed E-state index contributed by atoms with van der Waals surface area (Å²) in [5.41, 5.74) is 0.844. The molecule has 0 bridgehead atoms. The number of ether oxygens (including phenoxy) is 3. The highest BCUT2D eigenvalue weighted by Crippen LogP contribution is 2.22. The van der Waals surface area contributed by atoms with E-state index in [0.29, 0.717) is 23.8 Å². The van der Waals surface area contributed by atoms with Gasteiger partial charge < -0.3 is 19.5 Å². The van der Waals surface area contributed by atoms with E-state index in [2.05, 4.69) is 10.4 Å². The van der Waals surface area contributed by atoms with Crippen LogP contribution < -0.4 is 15.6 Å². The molecule has 1 N–H and O–H groups in total. The Morgan fingerprint density at radius 2 is 1.93 bits per heavy atom. The molecule has 2 aliphatic heterocycles. The molecule has 1 atom stereocenters. The molecule has 0 spiro atoms. The van der Waals surface area contributed by atoms with E-state index in [9.17, 15) is 4.79 Å². The molecule has 1 aromatic heterocycles. The molecule has 1 aromatic carbocycles. The molecule has 0 aliphatic carbocycles. The third-order valence-corrected chi connectivity index (χ3v) is 5.67. The lowest BCUT2D eigenvalue weighted by molar-refractivity contribution is 0.0256. The number of halogens is 1. The van der Waals surface area contributed by atoms with Crippen LogP contribution in [-0.2, 0) is 9.47 Å². The molecule has 2 fully saturated rings. The summed E-state index contributed by atoms with van der Waals surface area (Å²) in [5, 5.41) is 7.66. The lowest BCUT2D eigenvalue weighted by Crippen LogP contribution is -2.27. The Hall–Kier alpha value is -2.09. The lowest BCUT2D eigenvalue weighted by atomic mass is 10.0. The van der Waals surface area contributed by atoms with Crippen molar-refractivity contribution in [2.24, 2.45) is 5.92 Å². The van der Waals surface area contributed by atoms with E-state index >= 15 is 0 Å². The largest absolute Gasteiger partial charge is 0.490 e. The van der Waals surface area contributed by atoms with E-state index in [1.165, 1.54) is 4.68 Å². The summed E-state index contributed by atoms with van der Waals surface area (Å²) in [6.45, 7) is 3.73. The average Bonchev–Trinajstić information content (AvgIpc) is 2.77. The maximum absolute atomic E-state index is 12.7. The maximum Gasteiger partial charge on any atom is 0.292 e. The van der Waals surface area contributed by atoms with Crippen LogP contribution in [0.5, 0.6) is 5.75 Å². The van der Waals surface area contributed by atoms with Gasteiger partial charge in [0.15, 0.2) is 0 Å². The first-order valence-corrected chi connectivity index (χ1v) is 10.5. The van der Waals surface area contributed by atoms with E-state index in [0.717, 1.165) is 57.9 Å². The smallest absolute Gasteiger partial charge is 0.292 e. The summed E-state index contributed by atoms with van der Waals surface area (Å²) in [6, 6.07) is 7.32. The van der Waals surface area contributed by atoms with E-state index in [4.69, 9.17) is 25.8 Å². The fourth-order valence-corrected chi connectivity index (χ4v) is 3.81. The predicted octanol–water partition coefficient (Wildman–Crippen LogP) is 3.28. The minimum atomic E-state index is -0.352. The van der Waals surface area contributed by atoms with Gasteiger partial charge in [-0.05, 0) is 43.0 Å². The van der Waals surface area contributed by atoms with Gasteiger partial charge in [0.25, 0.3) is 5.56 Å². The Kier molecular flexibility index (Phi) is 6.69. The Bertz CT molecular complexity index is 859. The number of benzene rings is 1. The number of nitrogens with one attached hydrogen (secondary N) is 1. The second-order valence-electron chi connectivity index (χ2n) is 7.48. The molecule has 2 aliphatic rings. The summed E-state index contributed by atoms with van der Waals surface area (Å²) in [7, 11) is 0. The monoisotopic (exact) mass is 419 g/mol. The van der Waals surface area contributed by atoms with Gasteiger partial charge >= 0.3 is 0 Å². The van der Waals surface area contributed by atoms with Gasteiger partial charge in [-0.3, -0.25) is 4.79 Å². The van der Waals surface area contributed by atoms with Gasteiger partial charge in [0.1, 0.15) is 16.9 Å². The summed E-state index contributed by atoms with van der Waals surface area (Å²) in [6.07, 6.45) is 5.72. The van der Waals surface area contributed by atoms with Crippen molar-refractivity contribution >= 4 is 17.3 Å². The van der Waals surface area contributed by atoms with Crippen molar-refractivity contribution in [3.63, 3.8) is 0 Å². The molecule has 0 amide bonds. The number of hydrogen-bond donors (Lipinski definition) is 1. The number of aromatic nitrogens is 2. The van der Waals surface area contributed by atoms with Crippen LogP contribution in [0.1, 0.15) is 25.7 Å².